The summed E-state index contributed by atoms with van der Waals surface area (Å²) >= 11 is 7.26. The molecule has 1 aromatic heterocycles. The van der Waals surface area contributed by atoms with Crippen molar-refractivity contribution in [2.45, 2.75) is 13.5 Å². The van der Waals surface area contributed by atoms with Crippen LogP contribution in [0.25, 0.3) is 10.2 Å². The minimum Gasteiger partial charge on any atom is -0.383 e. The summed E-state index contributed by atoms with van der Waals surface area (Å²) in [6.07, 6.45) is 0. The van der Waals surface area contributed by atoms with Crippen LogP contribution in [-0.4, -0.2) is 29.1 Å². The maximum Gasteiger partial charge on any atom is 0.286 e. The number of nitro groups is 1. The van der Waals surface area contributed by atoms with E-state index in [1.807, 2.05) is 29.7 Å². The van der Waals surface area contributed by atoms with Gasteiger partial charge in [0.1, 0.15) is 5.56 Å². The van der Waals surface area contributed by atoms with Crippen molar-refractivity contribution >= 4 is 44.7 Å². The van der Waals surface area contributed by atoms with Crippen LogP contribution in [0.2, 0.25) is 5.02 Å². The molecular formula is C18H16ClN3O4S. The number of nitrogens with zero attached hydrogens (tertiary/aromatic N) is 3. The normalized spacial score (nSPS) is 11.9. The van der Waals surface area contributed by atoms with Crippen LogP contribution in [0.5, 0.6) is 0 Å². The number of benzene rings is 2. The first kappa shape index (κ1) is 19.2. The molecule has 1 amide bonds. The lowest BCUT2D eigenvalue weighted by molar-refractivity contribution is -0.385. The monoisotopic (exact) mass is 405 g/mol. The predicted octanol–water partition coefficient (Wildman–Crippen LogP) is 3.96. The second-order valence-corrected chi connectivity index (χ2v) is 7.28. The van der Waals surface area contributed by atoms with Gasteiger partial charge in [-0.3, -0.25) is 14.9 Å². The maximum absolute atomic E-state index is 12.7. The zero-order valence-corrected chi connectivity index (χ0v) is 16.2. The molecule has 0 atom stereocenters. The molecule has 1 heterocycles. The molecule has 0 unspecified atom stereocenters. The Morgan fingerprint density at radius 3 is 2.81 bits per heavy atom. The molecule has 0 aliphatic rings. The van der Waals surface area contributed by atoms with Crippen molar-refractivity contribution in [3.8, 4) is 0 Å². The van der Waals surface area contributed by atoms with Gasteiger partial charge in [-0.2, -0.15) is 4.99 Å². The smallest absolute Gasteiger partial charge is 0.286 e. The van der Waals surface area contributed by atoms with Crippen molar-refractivity contribution < 1.29 is 14.5 Å². The molecule has 3 rings (SSSR count). The maximum atomic E-state index is 12.7. The van der Waals surface area contributed by atoms with Gasteiger partial charge in [0.05, 0.1) is 21.7 Å². The van der Waals surface area contributed by atoms with E-state index in [1.54, 1.807) is 7.11 Å². The van der Waals surface area contributed by atoms with Gasteiger partial charge in [0.2, 0.25) is 0 Å². The van der Waals surface area contributed by atoms with E-state index in [0.29, 0.717) is 18.0 Å². The van der Waals surface area contributed by atoms with Crippen LogP contribution in [0.15, 0.2) is 41.4 Å². The number of halogens is 1. The Labute approximate surface area is 163 Å². The zero-order valence-electron chi connectivity index (χ0n) is 14.6. The molecule has 27 heavy (non-hydrogen) atoms. The van der Waals surface area contributed by atoms with Gasteiger partial charge in [0.25, 0.3) is 11.6 Å². The highest BCUT2D eigenvalue weighted by atomic mass is 35.5. The van der Waals surface area contributed by atoms with Crippen LogP contribution in [-0.2, 0) is 11.3 Å². The van der Waals surface area contributed by atoms with Crippen molar-refractivity contribution in [3.63, 3.8) is 0 Å². The fraction of sp³-hybridized carbons (Fsp3) is 0.222. The van der Waals surface area contributed by atoms with Gasteiger partial charge >= 0.3 is 0 Å². The summed E-state index contributed by atoms with van der Waals surface area (Å²) in [5.74, 6) is -0.710. The number of aryl methyl sites for hydroxylation is 1. The van der Waals surface area contributed by atoms with Gasteiger partial charge in [-0.15, -0.1) is 0 Å². The highest BCUT2D eigenvalue weighted by molar-refractivity contribution is 7.16. The number of rotatable bonds is 5. The topological polar surface area (TPSA) is 86.7 Å². The average molecular weight is 406 g/mol. The lowest BCUT2D eigenvalue weighted by Crippen LogP contribution is -2.19. The Hall–Kier alpha value is -2.55. The molecule has 0 saturated carbocycles. The quantitative estimate of drug-likeness (QED) is 0.474. The van der Waals surface area contributed by atoms with Gasteiger partial charge in [-0.25, -0.2) is 0 Å². The molecule has 0 radical (unpaired) electrons. The van der Waals surface area contributed by atoms with E-state index in [1.165, 1.54) is 29.5 Å². The third kappa shape index (κ3) is 4.08. The van der Waals surface area contributed by atoms with Crippen LogP contribution in [0.4, 0.5) is 5.69 Å². The van der Waals surface area contributed by atoms with E-state index in [-0.39, 0.29) is 16.3 Å². The van der Waals surface area contributed by atoms with Crippen molar-refractivity contribution in [1.29, 1.82) is 0 Å². The fourth-order valence-electron chi connectivity index (χ4n) is 2.65. The van der Waals surface area contributed by atoms with E-state index in [4.69, 9.17) is 16.3 Å². The summed E-state index contributed by atoms with van der Waals surface area (Å²) in [6.45, 7) is 2.93. The number of carbonyl (C=O) groups excluding carboxylic acids is 1. The molecule has 0 fully saturated rings. The number of nitro benzene ring substituents is 1. The number of hydrogen-bond donors (Lipinski definition) is 0. The largest absolute Gasteiger partial charge is 0.383 e. The molecule has 0 spiro atoms. The number of fused-ring (bicyclic) bond motifs is 1. The molecule has 0 aliphatic heterocycles. The Bertz CT molecular complexity index is 1100. The molecule has 140 valence electrons. The molecule has 3 aromatic rings. The molecular weight excluding hydrogens is 390 g/mol. The van der Waals surface area contributed by atoms with Gasteiger partial charge < -0.3 is 9.30 Å². The number of amides is 1. The van der Waals surface area contributed by atoms with Gasteiger partial charge in [0.15, 0.2) is 4.80 Å². The van der Waals surface area contributed by atoms with E-state index < -0.39 is 10.8 Å². The molecule has 0 bridgehead atoms. The van der Waals surface area contributed by atoms with Crippen molar-refractivity contribution in [2.24, 2.45) is 4.99 Å². The number of carbonyl (C=O) groups is 1. The minimum absolute atomic E-state index is 0.139. The van der Waals surface area contributed by atoms with Crippen LogP contribution in [0, 0.1) is 17.0 Å². The summed E-state index contributed by atoms with van der Waals surface area (Å²) in [5, 5.41) is 11.5. The van der Waals surface area contributed by atoms with Gasteiger partial charge in [0, 0.05) is 24.7 Å². The molecule has 0 aliphatic carbocycles. The fourth-order valence-corrected chi connectivity index (χ4v) is 3.98. The lowest BCUT2D eigenvalue weighted by atomic mass is 10.2. The first-order chi connectivity index (χ1) is 12.9. The Morgan fingerprint density at radius 1 is 1.33 bits per heavy atom. The van der Waals surface area contributed by atoms with Crippen LogP contribution in [0.3, 0.4) is 0 Å². The summed E-state index contributed by atoms with van der Waals surface area (Å²) in [7, 11) is 1.59. The average Bonchev–Trinajstić information content (AvgIpc) is 2.95. The van der Waals surface area contributed by atoms with Crippen molar-refractivity contribution in [2.75, 3.05) is 13.7 Å². The van der Waals surface area contributed by atoms with E-state index in [2.05, 4.69) is 4.99 Å². The van der Waals surface area contributed by atoms with Crippen molar-refractivity contribution in [3.05, 3.63) is 67.5 Å². The molecule has 0 N–H and O–H groups in total. The molecule has 0 saturated heterocycles. The number of ether oxygens (including phenoxy) is 1. The number of aromatic nitrogens is 1. The van der Waals surface area contributed by atoms with Crippen LogP contribution < -0.4 is 4.80 Å². The molecule has 7 nitrogen and oxygen atoms in total. The van der Waals surface area contributed by atoms with Crippen LogP contribution in [0.1, 0.15) is 15.9 Å². The zero-order chi connectivity index (χ0) is 19.6. The number of methoxy groups -OCH3 is 1. The predicted molar refractivity (Wildman–Crippen MR) is 104 cm³/mol. The summed E-state index contributed by atoms with van der Waals surface area (Å²) in [4.78, 5) is 27.9. The van der Waals surface area contributed by atoms with Crippen LogP contribution >= 0.6 is 22.9 Å². The first-order valence-corrected chi connectivity index (χ1v) is 9.22. The Balaban J connectivity index is 2.16. The second-order valence-electron chi connectivity index (χ2n) is 5.84. The lowest BCUT2D eigenvalue weighted by Gasteiger charge is -2.04. The minimum atomic E-state index is -0.710. The van der Waals surface area contributed by atoms with Gasteiger partial charge in [-0.05, 0) is 36.8 Å². The second kappa shape index (κ2) is 7.99. The summed E-state index contributed by atoms with van der Waals surface area (Å²) in [6, 6.07) is 9.79. The Kier molecular flexibility index (Phi) is 5.69. The standard InChI is InChI=1S/C18H16ClN3O4S/c1-11-3-5-15-16(9-11)27-18(21(15)7-8-26-2)20-17(23)13-10-12(19)4-6-14(13)22(24)25/h3-6,9-10H,7-8H2,1-2H3. The first-order valence-electron chi connectivity index (χ1n) is 8.02. The number of hydrogen-bond acceptors (Lipinski definition) is 5. The number of thiazole rings is 1. The Morgan fingerprint density at radius 2 is 2.11 bits per heavy atom. The third-order valence-corrected chi connectivity index (χ3v) is 5.22. The SMILES string of the molecule is COCCn1c(=NC(=O)c2cc(Cl)ccc2[N+](=O)[O-])sc2cc(C)ccc21. The third-order valence-electron chi connectivity index (χ3n) is 3.94. The van der Waals surface area contributed by atoms with E-state index in [0.717, 1.165) is 15.8 Å². The highest BCUT2D eigenvalue weighted by Crippen LogP contribution is 2.24. The molecule has 9 heteroatoms. The van der Waals surface area contributed by atoms with E-state index >= 15 is 0 Å². The summed E-state index contributed by atoms with van der Waals surface area (Å²) in [5.41, 5.74) is 1.55. The van der Waals surface area contributed by atoms with Crippen molar-refractivity contribution in [1.82, 2.24) is 4.57 Å². The van der Waals surface area contributed by atoms with Gasteiger partial charge in [-0.1, -0.05) is 29.0 Å². The summed E-state index contributed by atoms with van der Waals surface area (Å²) < 4.78 is 7.99. The highest BCUT2D eigenvalue weighted by Gasteiger charge is 2.20. The van der Waals surface area contributed by atoms with E-state index in [9.17, 15) is 14.9 Å². The molecule has 2 aromatic carbocycles.